The van der Waals surface area contributed by atoms with Crippen LogP contribution in [0.1, 0.15) is 0 Å². The summed E-state index contributed by atoms with van der Waals surface area (Å²) in [6.45, 7) is 3.38. The lowest BCUT2D eigenvalue weighted by atomic mass is 10.2. The van der Waals surface area contributed by atoms with Gasteiger partial charge in [-0.1, -0.05) is 11.3 Å². The lowest BCUT2D eigenvalue weighted by Gasteiger charge is -2.36. The summed E-state index contributed by atoms with van der Waals surface area (Å²) in [5, 5.41) is 4.37. The van der Waals surface area contributed by atoms with E-state index >= 15 is 0 Å². The number of rotatable bonds is 6. The Morgan fingerprint density at radius 2 is 1.92 bits per heavy atom. The first-order valence-electron chi connectivity index (χ1n) is 11.5. The van der Waals surface area contributed by atoms with E-state index in [0.717, 1.165) is 17.4 Å². The van der Waals surface area contributed by atoms with E-state index in [9.17, 15) is 13.6 Å². The van der Waals surface area contributed by atoms with Crippen molar-refractivity contribution in [2.45, 2.75) is 6.54 Å². The maximum Gasteiger partial charge on any atom is 0.309 e. The third kappa shape index (κ3) is 4.07. The second kappa shape index (κ2) is 9.12. The maximum atomic E-state index is 14.4. The van der Waals surface area contributed by atoms with Gasteiger partial charge < -0.3 is 19.8 Å². The summed E-state index contributed by atoms with van der Waals surface area (Å²) in [7, 11) is 1.35. The van der Waals surface area contributed by atoms with Gasteiger partial charge in [-0.2, -0.15) is 9.50 Å². The van der Waals surface area contributed by atoms with Crippen molar-refractivity contribution in [3.63, 3.8) is 0 Å². The summed E-state index contributed by atoms with van der Waals surface area (Å²) >= 11 is 1.04. The average molecular weight is 529 g/mol. The van der Waals surface area contributed by atoms with Crippen LogP contribution in [-0.2, 0) is 6.54 Å². The molecule has 0 radical (unpaired) electrons. The monoisotopic (exact) mass is 528 g/mol. The highest BCUT2D eigenvalue weighted by Crippen LogP contribution is 2.29. The molecule has 0 saturated carbocycles. The third-order valence-electron chi connectivity index (χ3n) is 6.43. The summed E-state index contributed by atoms with van der Waals surface area (Å²) in [5.41, 5.74) is 7.36. The number of ether oxygens (including phenoxy) is 1. The largest absolute Gasteiger partial charge is 0.494 e. The van der Waals surface area contributed by atoms with Crippen LogP contribution in [0.4, 0.5) is 20.4 Å². The number of nitrogen functional groups attached to an aromatic ring is 1. The number of halogens is 2. The zero-order valence-corrected chi connectivity index (χ0v) is 20.5. The average Bonchev–Trinajstić information content (AvgIpc) is 3.63. The van der Waals surface area contributed by atoms with E-state index in [1.165, 1.54) is 24.0 Å². The molecule has 2 N–H and O–H groups in total. The van der Waals surface area contributed by atoms with E-state index < -0.39 is 11.6 Å². The number of piperazine rings is 1. The van der Waals surface area contributed by atoms with E-state index in [0.29, 0.717) is 72.5 Å². The molecule has 1 aliphatic heterocycles. The fourth-order valence-electron chi connectivity index (χ4n) is 4.51. The van der Waals surface area contributed by atoms with Crippen molar-refractivity contribution in [1.29, 1.82) is 0 Å². The van der Waals surface area contributed by atoms with Gasteiger partial charge in [-0.3, -0.25) is 14.3 Å². The number of hydrogen-bond acceptors (Lipinski definition) is 10. The van der Waals surface area contributed by atoms with Crippen molar-refractivity contribution in [3.8, 4) is 17.3 Å². The number of methoxy groups -OCH3 is 1. The number of nitrogens with zero attached hydrogens (tertiary/aromatic N) is 7. The second-order valence-corrected chi connectivity index (χ2v) is 9.52. The second-order valence-electron chi connectivity index (χ2n) is 8.56. The third-order valence-corrected chi connectivity index (χ3v) is 7.40. The van der Waals surface area contributed by atoms with E-state index in [1.54, 1.807) is 16.7 Å². The van der Waals surface area contributed by atoms with Crippen molar-refractivity contribution >= 4 is 39.0 Å². The van der Waals surface area contributed by atoms with E-state index in [4.69, 9.17) is 14.9 Å². The van der Waals surface area contributed by atoms with Gasteiger partial charge in [0.1, 0.15) is 10.5 Å². The van der Waals surface area contributed by atoms with Crippen LogP contribution in [-0.4, -0.2) is 68.9 Å². The topological polar surface area (TPSA) is 120 Å². The van der Waals surface area contributed by atoms with Crippen LogP contribution in [0, 0.1) is 11.6 Å². The number of fused-ring (bicyclic) bond motifs is 3. The molecule has 5 heterocycles. The number of nitrogens with two attached hydrogens (primary N) is 1. The minimum atomic E-state index is -0.731. The van der Waals surface area contributed by atoms with Crippen molar-refractivity contribution < 1.29 is 17.9 Å². The molecule has 37 heavy (non-hydrogen) atoms. The molecule has 192 valence electrons. The van der Waals surface area contributed by atoms with Gasteiger partial charge >= 0.3 is 4.87 Å². The Kier molecular flexibility index (Phi) is 5.76. The lowest BCUT2D eigenvalue weighted by Crippen LogP contribution is -2.47. The molecule has 0 amide bonds. The summed E-state index contributed by atoms with van der Waals surface area (Å²) in [4.78, 5) is 25.7. The molecule has 0 atom stereocenters. The van der Waals surface area contributed by atoms with Gasteiger partial charge in [-0.25, -0.2) is 13.8 Å². The Hall–Kier alpha value is -4.04. The fraction of sp³-hybridized carbons (Fsp3) is 0.304. The Balaban J connectivity index is 1.19. The van der Waals surface area contributed by atoms with Gasteiger partial charge in [-0.15, -0.1) is 5.10 Å². The molecular formula is C23H22F2N8O3S. The Labute approximate surface area is 212 Å². The molecule has 11 nitrogen and oxygen atoms in total. The quantitative estimate of drug-likeness (QED) is 0.354. The van der Waals surface area contributed by atoms with E-state index in [1.807, 2.05) is 4.90 Å². The normalized spacial score (nSPS) is 14.7. The van der Waals surface area contributed by atoms with Crippen LogP contribution in [0.15, 0.2) is 39.7 Å². The highest BCUT2D eigenvalue weighted by Gasteiger charge is 2.23. The molecule has 0 aliphatic carbocycles. The molecule has 6 rings (SSSR count). The number of aromatic nitrogens is 5. The Morgan fingerprint density at radius 1 is 1.11 bits per heavy atom. The molecule has 14 heteroatoms. The predicted molar refractivity (Wildman–Crippen MR) is 134 cm³/mol. The predicted octanol–water partition coefficient (Wildman–Crippen LogP) is 2.45. The van der Waals surface area contributed by atoms with Gasteiger partial charge in [-0.05, 0) is 12.1 Å². The van der Waals surface area contributed by atoms with Crippen LogP contribution in [0.2, 0.25) is 0 Å². The van der Waals surface area contributed by atoms with E-state index in [-0.39, 0.29) is 16.6 Å². The Bertz CT molecular complexity index is 1650. The summed E-state index contributed by atoms with van der Waals surface area (Å²) in [5.74, 6) is -0.392. The van der Waals surface area contributed by atoms with Gasteiger partial charge in [0.05, 0.1) is 19.1 Å². The zero-order valence-electron chi connectivity index (χ0n) is 19.7. The molecule has 1 aliphatic rings. The highest BCUT2D eigenvalue weighted by atomic mass is 32.1. The first kappa shape index (κ1) is 23.4. The molecule has 0 bridgehead atoms. The van der Waals surface area contributed by atoms with Crippen LogP contribution < -0.4 is 20.2 Å². The molecular weight excluding hydrogens is 506 g/mol. The number of hydrogen-bond donors (Lipinski definition) is 1. The number of anilines is 2. The molecule has 4 aromatic heterocycles. The molecule has 0 unspecified atom stereocenters. The SMILES string of the molecule is COc1cc(N2CCN(CCn3c(=O)sc4c3nc(N)n3nc(-c5ccco5)nc43)CC2)c(F)cc1F. The van der Waals surface area contributed by atoms with Crippen LogP contribution >= 0.6 is 11.3 Å². The smallest absolute Gasteiger partial charge is 0.309 e. The van der Waals surface area contributed by atoms with Gasteiger partial charge in [0, 0.05) is 51.4 Å². The van der Waals surface area contributed by atoms with E-state index in [2.05, 4.69) is 20.0 Å². The van der Waals surface area contributed by atoms with Crippen molar-refractivity contribution in [1.82, 2.24) is 29.0 Å². The molecule has 5 aromatic rings. The number of benzene rings is 1. The lowest BCUT2D eigenvalue weighted by molar-refractivity contribution is 0.248. The van der Waals surface area contributed by atoms with Crippen molar-refractivity contribution in [3.05, 3.63) is 51.8 Å². The van der Waals surface area contributed by atoms with Crippen molar-refractivity contribution in [2.75, 3.05) is 50.5 Å². The van der Waals surface area contributed by atoms with Crippen LogP contribution in [0.5, 0.6) is 5.75 Å². The maximum absolute atomic E-state index is 14.4. The highest BCUT2D eigenvalue weighted by molar-refractivity contribution is 7.17. The van der Waals surface area contributed by atoms with Gasteiger partial charge in [0.2, 0.25) is 11.8 Å². The van der Waals surface area contributed by atoms with Crippen LogP contribution in [0.25, 0.3) is 27.6 Å². The molecule has 1 saturated heterocycles. The van der Waals surface area contributed by atoms with Crippen LogP contribution in [0.3, 0.4) is 0 Å². The van der Waals surface area contributed by atoms with Crippen molar-refractivity contribution in [2.24, 2.45) is 0 Å². The number of thiazole rings is 1. The Morgan fingerprint density at radius 3 is 2.65 bits per heavy atom. The standard InChI is InChI=1S/C23H22F2N8O3S/c1-35-17-12-15(13(24)11-14(17)25)31-7-4-30(5-8-31)6-9-32-20-18(37-23(32)34)21-27-19(16-3-2-10-36-16)29-33(21)22(26)28-20/h2-3,10-12H,4-9H2,1H3,(H2,26,28). The number of furan rings is 1. The first-order valence-corrected chi connectivity index (χ1v) is 12.3. The zero-order chi connectivity index (χ0) is 25.7. The van der Waals surface area contributed by atoms with Gasteiger partial charge in [0.25, 0.3) is 0 Å². The minimum Gasteiger partial charge on any atom is -0.494 e. The minimum absolute atomic E-state index is 0.00683. The summed E-state index contributed by atoms with van der Waals surface area (Å²) in [6.07, 6.45) is 1.53. The first-order chi connectivity index (χ1) is 17.9. The molecule has 1 fully saturated rings. The van der Waals surface area contributed by atoms with Gasteiger partial charge in [0.15, 0.2) is 28.6 Å². The summed E-state index contributed by atoms with van der Waals surface area (Å²) in [6, 6.07) is 5.71. The summed E-state index contributed by atoms with van der Waals surface area (Å²) < 4.78 is 42.1. The molecule has 0 spiro atoms. The molecule has 1 aromatic carbocycles. The fourth-order valence-corrected chi connectivity index (χ4v) is 5.44.